The fourth-order valence-electron chi connectivity index (χ4n) is 4.11. The van der Waals surface area contributed by atoms with E-state index in [-0.39, 0.29) is 0 Å². The Hall–Kier alpha value is -1.08. The van der Waals surface area contributed by atoms with Crippen LogP contribution in [-0.2, 0) is 6.42 Å². The first-order chi connectivity index (χ1) is 11.1. The Bertz CT molecular complexity index is 752. The molecule has 2 aromatic carbocycles. The highest BCUT2D eigenvalue weighted by molar-refractivity contribution is 9.09. The van der Waals surface area contributed by atoms with Crippen molar-refractivity contribution in [3.8, 4) is 11.1 Å². The summed E-state index contributed by atoms with van der Waals surface area (Å²) < 4.78 is 0. The largest absolute Gasteiger partial charge is 0.0924 e. The number of rotatable bonds is 3. The molecule has 0 aromatic heterocycles. The molecule has 1 heteroatoms. The highest BCUT2D eigenvalue weighted by atomic mass is 79.9. The Balaban J connectivity index is 2.95. The van der Waals surface area contributed by atoms with Crippen LogP contribution in [0.2, 0.25) is 0 Å². The Morgan fingerprint density at radius 3 is 1.08 bits per heavy atom. The first kappa shape index (κ1) is 19.2. The first-order valence-electron chi connectivity index (χ1n) is 8.87. The highest BCUT2D eigenvalue weighted by Gasteiger charge is 2.20. The van der Waals surface area contributed by atoms with E-state index in [1.807, 2.05) is 0 Å². The zero-order chi connectivity index (χ0) is 18.3. The lowest BCUT2D eigenvalue weighted by Gasteiger charge is -2.25. The van der Waals surface area contributed by atoms with Gasteiger partial charge in [-0.25, -0.2) is 0 Å². The molecule has 130 valence electrons. The summed E-state index contributed by atoms with van der Waals surface area (Å²) in [6.45, 7) is 20.6. The summed E-state index contributed by atoms with van der Waals surface area (Å²) in [6.07, 6.45) is 1.10. The van der Waals surface area contributed by atoms with Crippen molar-refractivity contribution in [2.75, 3.05) is 5.33 Å². The Labute approximate surface area is 156 Å². The summed E-state index contributed by atoms with van der Waals surface area (Å²) in [5.74, 6) is 0. The van der Waals surface area contributed by atoms with E-state index >= 15 is 0 Å². The Kier molecular flexibility index (Phi) is 5.64. The monoisotopic (exact) mass is 386 g/mol. The van der Waals surface area contributed by atoms with Gasteiger partial charge in [0.2, 0.25) is 0 Å². The fourth-order valence-corrected chi connectivity index (χ4v) is 4.51. The molecule has 0 N–H and O–H groups in total. The average Bonchev–Trinajstić information content (AvgIpc) is 2.56. The van der Waals surface area contributed by atoms with E-state index in [2.05, 4.69) is 78.2 Å². The fraction of sp³-hybridized carbons (Fsp3) is 0.478. The van der Waals surface area contributed by atoms with E-state index in [4.69, 9.17) is 0 Å². The molecule has 0 amide bonds. The molecule has 0 heterocycles. The van der Waals surface area contributed by atoms with Crippen LogP contribution in [0.1, 0.15) is 55.6 Å². The molecule has 24 heavy (non-hydrogen) atoms. The van der Waals surface area contributed by atoms with Gasteiger partial charge in [-0.15, -0.1) is 0 Å². The second-order valence-electron chi connectivity index (χ2n) is 7.29. The molecule has 0 fully saturated rings. The van der Waals surface area contributed by atoms with Crippen LogP contribution in [-0.4, -0.2) is 5.33 Å². The van der Waals surface area contributed by atoms with Crippen molar-refractivity contribution in [1.29, 1.82) is 0 Å². The summed E-state index contributed by atoms with van der Waals surface area (Å²) in [5, 5.41) is 1.02. The molecular weight excluding hydrogens is 356 g/mol. The number of halogens is 1. The summed E-state index contributed by atoms with van der Waals surface area (Å²) in [4.78, 5) is 0. The van der Waals surface area contributed by atoms with Crippen molar-refractivity contribution in [1.82, 2.24) is 0 Å². The van der Waals surface area contributed by atoms with Gasteiger partial charge in [-0.3, -0.25) is 0 Å². The van der Waals surface area contributed by atoms with Gasteiger partial charge >= 0.3 is 0 Å². The van der Waals surface area contributed by atoms with Gasteiger partial charge in [-0.05, 0) is 135 Å². The van der Waals surface area contributed by atoms with Gasteiger partial charge < -0.3 is 0 Å². The molecule has 0 spiro atoms. The van der Waals surface area contributed by atoms with Gasteiger partial charge in [0.15, 0.2) is 0 Å². The lowest BCUT2D eigenvalue weighted by Crippen LogP contribution is -2.07. The molecule has 0 bridgehead atoms. The summed E-state index contributed by atoms with van der Waals surface area (Å²) in [6, 6.07) is 0. The first-order valence-corrected chi connectivity index (χ1v) is 9.99. The van der Waals surface area contributed by atoms with Crippen molar-refractivity contribution in [3.05, 3.63) is 55.6 Å². The normalized spacial score (nSPS) is 11.2. The molecule has 0 aliphatic rings. The van der Waals surface area contributed by atoms with Gasteiger partial charge in [0.1, 0.15) is 0 Å². The van der Waals surface area contributed by atoms with E-state index < -0.39 is 0 Å². The van der Waals surface area contributed by atoms with Crippen LogP contribution >= 0.6 is 15.9 Å². The lowest BCUT2D eigenvalue weighted by molar-refractivity contribution is 1.06. The second-order valence-corrected chi connectivity index (χ2v) is 8.09. The molecule has 0 unspecified atom stereocenters. The molecule has 2 rings (SSSR count). The summed E-state index contributed by atoms with van der Waals surface area (Å²) >= 11 is 3.62. The Morgan fingerprint density at radius 2 is 0.750 bits per heavy atom. The van der Waals surface area contributed by atoms with Crippen molar-refractivity contribution < 1.29 is 0 Å². The molecule has 0 aliphatic heterocycles. The van der Waals surface area contributed by atoms with Crippen molar-refractivity contribution >= 4 is 15.9 Å². The topological polar surface area (TPSA) is 0 Å². The van der Waals surface area contributed by atoms with E-state index in [0.717, 1.165) is 11.8 Å². The van der Waals surface area contributed by atoms with Crippen LogP contribution in [0.3, 0.4) is 0 Å². The molecule has 0 nitrogen and oxygen atoms in total. The third-order valence-electron chi connectivity index (χ3n) is 6.37. The third kappa shape index (κ3) is 2.86. The third-order valence-corrected chi connectivity index (χ3v) is 6.77. The number of benzene rings is 2. The van der Waals surface area contributed by atoms with Gasteiger partial charge in [0.05, 0.1) is 0 Å². The van der Waals surface area contributed by atoms with E-state index in [1.54, 1.807) is 0 Å². The maximum atomic E-state index is 3.62. The van der Waals surface area contributed by atoms with Crippen LogP contribution in [0, 0.1) is 62.3 Å². The average molecular weight is 387 g/mol. The van der Waals surface area contributed by atoms with Crippen molar-refractivity contribution in [2.45, 2.75) is 68.7 Å². The van der Waals surface area contributed by atoms with Crippen LogP contribution in [0.5, 0.6) is 0 Å². The molecule has 0 atom stereocenters. The highest BCUT2D eigenvalue weighted by Crippen LogP contribution is 2.40. The molecule has 0 radical (unpaired) electrons. The van der Waals surface area contributed by atoms with E-state index in [1.165, 1.54) is 66.8 Å². The lowest BCUT2D eigenvalue weighted by atomic mass is 9.79. The predicted molar refractivity (Wildman–Crippen MR) is 112 cm³/mol. The molecular formula is C23H31Br. The maximum absolute atomic E-state index is 3.62. The quantitative estimate of drug-likeness (QED) is 0.494. The maximum Gasteiger partial charge on any atom is 0.00720 e. The second kappa shape index (κ2) is 7.04. The number of hydrogen-bond acceptors (Lipinski definition) is 0. The molecule has 0 saturated heterocycles. The number of alkyl halides is 1. The Morgan fingerprint density at radius 1 is 0.458 bits per heavy atom. The van der Waals surface area contributed by atoms with Gasteiger partial charge in [-0.1, -0.05) is 15.9 Å². The summed E-state index contributed by atoms with van der Waals surface area (Å²) in [7, 11) is 0. The SMILES string of the molecule is Cc1c(C)c(C)c(-c2c(C)c(C)c(CCBr)c(C)c2C)c(C)c1C. The van der Waals surface area contributed by atoms with Gasteiger partial charge in [-0.2, -0.15) is 0 Å². The van der Waals surface area contributed by atoms with Crippen LogP contribution in [0.15, 0.2) is 0 Å². The van der Waals surface area contributed by atoms with Crippen LogP contribution in [0.4, 0.5) is 0 Å². The minimum Gasteiger partial charge on any atom is -0.0924 e. The van der Waals surface area contributed by atoms with E-state index in [0.29, 0.717) is 0 Å². The van der Waals surface area contributed by atoms with Crippen molar-refractivity contribution in [3.63, 3.8) is 0 Å². The molecule has 0 aliphatic carbocycles. The van der Waals surface area contributed by atoms with Crippen molar-refractivity contribution in [2.24, 2.45) is 0 Å². The molecule has 2 aromatic rings. The molecule has 0 saturated carbocycles. The smallest absolute Gasteiger partial charge is 0.00720 e. The predicted octanol–water partition coefficient (Wildman–Crippen LogP) is 7.07. The van der Waals surface area contributed by atoms with Crippen LogP contribution in [0.25, 0.3) is 11.1 Å². The standard InChI is InChI=1S/C23H31Br/c1-12-13(2)17(6)22(18(7)14(12)3)23-19(8)15(4)21(10-11-24)16(5)20(23)9/h10-11H2,1-9H3. The zero-order valence-electron chi connectivity index (χ0n) is 16.8. The summed E-state index contributed by atoms with van der Waals surface area (Å²) in [5.41, 5.74) is 17.4. The van der Waals surface area contributed by atoms with Crippen LogP contribution < -0.4 is 0 Å². The minimum atomic E-state index is 1.02. The number of hydrogen-bond donors (Lipinski definition) is 0. The van der Waals surface area contributed by atoms with Gasteiger partial charge in [0, 0.05) is 5.33 Å². The minimum absolute atomic E-state index is 1.02. The zero-order valence-corrected chi connectivity index (χ0v) is 18.4. The van der Waals surface area contributed by atoms with Gasteiger partial charge in [0.25, 0.3) is 0 Å². The van der Waals surface area contributed by atoms with E-state index in [9.17, 15) is 0 Å².